The van der Waals surface area contributed by atoms with Crippen LogP contribution in [0, 0.1) is 0 Å². The highest BCUT2D eigenvalue weighted by Crippen LogP contribution is 2.25. The molecule has 0 aromatic heterocycles. The monoisotopic (exact) mass is 288 g/mol. The highest BCUT2D eigenvalue weighted by molar-refractivity contribution is 7.99. The summed E-state index contributed by atoms with van der Waals surface area (Å²) in [6, 6.07) is -0.823. The van der Waals surface area contributed by atoms with Gasteiger partial charge in [-0.3, -0.25) is 0 Å². The Kier molecular flexibility index (Phi) is 4.57. The maximum atomic E-state index is 12.5. The number of morpholine rings is 1. The van der Waals surface area contributed by atoms with Crippen LogP contribution in [0.4, 0.5) is 4.79 Å². The van der Waals surface area contributed by atoms with Gasteiger partial charge in [0.05, 0.1) is 24.6 Å². The molecule has 108 valence electrons. The Balaban J connectivity index is 2.10. The summed E-state index contributed by atoms with van der Waals surface area (Å²) in [6.45, 7) is 5.00. The van der Waals surface area contributed by atoms with Crippen LogP contribution < -0.4 is 0 Å². The predicted molar refractivity (Wildman–Crippen MR) is 72.2 cm³/mol. The summed E-state index contributed by atoms with van der Waals surface area (Å²) in [5, 5.41) is 9.16. The zero-order chi connectivity index (χ0) is 14.0. The number of amides is 2. The summed E-state index contributed by atoms with van der Waals surface area (Å²) in [5.41, 5.74) is 0. The van der Waals surface area contributed by atoms with Gasteiger partial charge in [-0.1, -0.05) is 6.92 Å². The van der Waals surface area contributed by atoms with Gasteiger partial charge >= 0.3 is 12.0 Å². The van der Waals surface area contributed by atoms with E-state index in [0.29, 0.717) is 24.8 Å². The molecule has 0 aromatic carbocycles. The molecule has 0 radical (unpaired) electrons. The zero-order valence-corrected chi connectivity index (χ0v) is 12.1. The fourth-order valence-corrected chi connectivity index (χ4v) is 3.56. The molecule has 0 spiro atoms. The number of ether oxygens (including phenoxy) is 1. The predicted octanol–water partition coefficient (Wildman–Crippen LogP) is 1.07. The second-order valence-electron chi connectivity index (χ2n) is 4.96. The van der Waals surface area contributed by atoms with Crippen molar-refractivity contribution >= 4 is 23.8 Å². The molecule has 6 nitrogen and oxygen atoms in total. The third-order valence-electron chi connectivity index (χ3n) is 3.60. The number of carbonyl (C=O) groups is 2. The first kappa shape index (κ1) is 14.5. The number of carboxylic acids is 1. The number of urea groups is 1. The molecular weight excluding hydrogens is 268 g/mol. The Hall–Kier alpha value is -0.950. The molecule has 0 aromatic rings. The van der Waals surface area contributed by atoms with Crippen LogP contribution in [0.2, 0.25) is 0 Å². The van der Waals surface area contributed by atoms with Crippen LogP contribution in [0.15, 0.2) is 0 Å². The number of carboxylic acid groups (broad SMARTS) is 1. The van der Waals surface area contributed by atoms with Crippen molar-refractivity contribution in [3.63, 3.8) is 0 Å². The number of hydrogen-bond donors (Lipinski definition) is 1. The van der Waals surface area contributed by atoms with Crippen molar-refractivity contribution in [1.82, 2.24) is 9.80 Å². The van der Waals surface area contributed by atoms with Crippen molar-refractivity contribution in [2.24, 2.45) is 0 Å². The van der Waals surface area contributed by atoms with Crippen molar-refractivity contribution in [3.05, 3.63) is 0 Å². The molecule has 2 amide bonds. The average Bonchev–Trinajstić information content (AvgIpc) is 2.87. The van der Waals surface area contributed by atoms with E-state index in [2.05, 4.69) is 0 Å². The van der Waals surface area contributed by atoms with Crippen LogP contribution >= 0.6 is 11.8 Å². The zero-order valence-electron chi connectivity index (χ0n) is 11.2. The minimum absolute atomic E-state index is 0.00489. The van der Waals surface area contributed by atoms with E-state index in [1.165, 1.54) is 16.7 Å². The number of aliphatic carboxylic acids is 1. The Morgan fingerprint density at radius 1 is 1.42 bits per heavy atom. The summed E-state index contributed by atoms with van der Waals surface area (Å²) < 4.78 is 5.56. The molecule has 0 bridgehead atoms. The molecule has 3 atom stereocenters. The Labute approximate surface area is 117 Å². The molecule has 2 aliphatic heterocycles. The van der Waals surface area contributed by atoms with Crippen LogP contribution in [0.1, 0.15) is 20.3 Å². The molecule has 2 saturated heterocycles. The normalized spacial score (nSPS) is 31.6. The maximum Gasteiger partial charge on any atom is 0.327 e. The fraction of sp³-hybridized carbons (Fsp3) is 0.833. The fourth-order valence-electron chi connectivity index (χ4n) is 2.42. The van der Waals surface area contributed by atoms with Crippen LogP contribution in [-0.4, -0.2) is 69.9 Å². The second-order valence-corrected chi connectivity index (χ2v) is 5.96. The SMILES string of the molecule is CCC1COC(C)CN1C(=O)N1CSC[C@H]1C(=O)O. The number of thioether (sulfide) groups is 1. The molecular formula is C12H20N2O4S. The van der Waals surface area contributed by atoms with E-state index >= 15 is 0 Å². The van der Waals surface area contributed by atoms with E-state index < -0.39 is 12.0 Å². The maximum absolute atomic E-state index is 12.5. The van der Waals surface area contributed by atoms with Crippen molar-refractivity contribution in [3.8, 4) is 0 Å². The van der Waals surface area contributed by atoms with E-state index in [0.717, 1.165) is 6.42 Å². The third-order valence-corrected chi connectivity index (χ3v) is 4.61. The molecule has 2 fully saturated rings. The topological polar surface area (TPSA) is 70.1 Å². The van der Waals surface area contributed by atoms with Crippen LogP contribution in [0.3, 0.4) is 0 Å². The molecule has 0 saturated carbocycles. The van der Waals surface area contributed by atoms with Gasteiger partial charge in [0.15, 0.2) is 0 Å². The van der Waals surface area contributed by atoms with Gasteiger partial charge in [-0.2, -0.15) is 0 Å². The van der Waals surface area contributed by atoms with E-state index in [1.807, 2.05) is 13.8 Å². The minimum atomic E-state index is -0.923. The van der Waals surface area contributed by atoms with Gasteiger partial charge in [0.1, 0.15) is 6.04 Å². The molecule has 19 heavy (non-hydrogen) atoms. The number of carbonyl (C=O) groups excluding carboxylic acids is 1. The largest absolute Gasteiger partial charge is 0.480 e. The van der Waals surface area contributed by atoms with Gasteiger partial charge in [0, 0.05) is 12.3 Å². The van der Waals surface area contributed by atoms with Gasteiger partial charge in [0.25, 0.3) is 0 Å². The van der Waals surface area contributed by atoms with E-state index in [-0.39, 0.29) is 18.2 Å². The van der Waals surface area contributed by atoms with Crippen molar-refractivity contribution in [2.45, 2.75) is 38.5 Å². The standard InChI is InChI=1S/C12H20N2O4S/c1-3-9-5-18-8(2)4-13(9)12(17)14-7-19-6-10(14)11(15)16/h8-10H,3-7H2,1-2H3,(H,15,16)/t8?,9?,10-/m0/s1. The Morgan fingerprint density at radius 2 is 2.16 bits per heavy atom. The summed E-state index contributed by atoms with van der Waals surface area (Å²) in [7, 11) is 0. The first-order chi connectivity index (χ1) is 9.04. The molecule has 7 heteroatoms. The molecule has 0 aliphatic carbocycles. The van der Waals surface area contributed by atoms with E-state index in [1.54, 1.807) is 4.90 Å². The summed E-state index contributed by atoms with van der Waals surface area (Å²) in [4.78, 5) is 27.0. The van der Waals surface area contributed by atoms with E-state index in [9.17, 15) is 9.59 Å². The van der Waals surface area contributed by atoms with Crippen LogP contribution in [0.5, 0.6) is 0 Å². The molecule has 2 heterocycles. The van der Waals surface area contributed by atoms with Crippen LogP contribution in [-0.2, 0) is 9.53 Å². The van der Waals surface area contributed by atoms with Crippen molar-refractivity contribution < 1.29 is 19.4 Å². The Bertz CT molecular complexity index is 366. The summed E-state index contributed by atoms with van der Waals surface area (Å²) in [5.74, 6) is 0.00290. The number of rotatable bonds is 2. The third kappa shape index (κ3) is 2.97. The lowest BCUT2D eigenvalue weighted by molar-refractivity contribution is -0.141. The van der Waals surface area contributed by atoms with E-state index in [4.69, 9.17) is 9.84 Å². The van der Waals surface area contributed by atoms with Crippen molar-refractivity contribution in [1.29, 1.82) is 0 Å². The number of hydrogen-bond acceptors (Lipinski definition) is 4. The quantitative estimate of drug-likeness (QED) is 0.823. The highest BCUT2D eigenvalue weighted by atomic mass is 32.2. The lowest BCUT2D eigenvalue weighted by Gasteiger charge is -2.40. The molecule has 1 N–H and O–H groups in total. The van der Waals surface area contributed by atoms with Crippen LogP contribution in [0.25, 0.3) is 0 Å². The van der Waals surface area contributed by atoms with Gasteiger partial charge in [-0.05, 0) is 13.3 Å². The number of nitrogens with zero attached hydrogens (tertiary/aromatic N) is 2. The first-order valence-corrected chi connectivity index (χ1v) is 7.69. The lowest BCUT2D eigenvalue weighted by Crippen LogP contribution is -2.57. The van der Waals surface area contributed by atoms with Gasteiger partial charge in [-0.25, -0.2) is 9.59 Å². The smallest absolute Gasteiger partial charge is 0.327 e. The Morgan fingerprint density at radius 3 is 2.79 bits per heavy atom. The summed E-state index contributed by atoms with van der Waals surface area (Å²) >= 11 is 1.49. The average molecular weight is 288 g/mol. The first-order valence-electron chi connectivity index (χ1n) is 6.54. The lowest BCUT2D eigenvalue weighted by atomic mass is 10.1. The van der Waals surface area contributed by atoms with Gasteiger partial charge in [-0.15, -0.1) is 11.8 Å². The second kappa shape index (κ2) is 6.00. The highest BCUT2D eigenvalue weighted by Gasteiger charge is 2.40. The van der Waals surface area contributed by atoms with Crippen molar-refractivity contribution in [2.75, 3.05) is 24.8 Å². The van der Waals surface area contributed by atoms with Gasteiger partial charge < -0.3 is 19.6 Å². The van der Waals surface area contributed by atoms with Gasteiger partial charge in [0.2, 0.25) is 0 Å². The molecule has 2 unspecified atom stereocenters. The minimum Gasteiger partial charge on any atom is -0.480 e. The molecule has 2 aliphatic rings. The molecule has 2 rings (SSSR count). The summed E-state index contributed by atoms with van der Waals surface area (Å²) in [6.07, 6.45) is 0.822.